The fourth-order valence-corrected chi connectivity index (χ4v) is 4.08. The van der Waals surface area contributed by atoms with Gasteiger partial charge in [0, 0.05) is 24.3 Å². The number of nitrogens with zero attached hydrogens (tertiary/aromatic N) is 1. The van der Waals surface area contributed by atoms with Gasteiger partial charge in [0.2, 0.25) is 10.0 Å². The normalized spacial score (nSPS) is 12.4. The van der Waals surface area contributed by atoms with Crippen LogP contribution in [0.3, 0.4) is 0 Å². The molecule has 0 aromatic heterocycles. The summed E-state index contributed by atoms with van der Waals surface area (Å²) < 4.78 is 28.0. The lowest BCUT2D eigenvalue weighted by Crippen LogP contribution is -2.28. The Labute approximate surface area is 165 Å². The Bertz CT molecular complexity index is 1030. The first-order valence-corrected chi connectivity index (χ1v) is 10.4. The molecule has 0 spiro atoms. The summed E-state index contributed by atoms with van der Waals surface area (Å²) in [5.41, 5.74) is 2.06. The number of hydrogen-bond acceptors (Lipinski definition) is 3. The van der Waals surface area contributed by atoms with E-state index in [1.165, 1.54) is 29.2 Å². The Hall–Kier alpha value is -2.96. The topological polar surface area (TPSA) is 66.5 Å². The Morgan fingerprint density at radius 2 is 1.39 bits per heavy atom. The molecule has 0 saturated carbocycles. The number of amides is 1. The second-order valence-electron chi connectivity index (χ2n) is 6.48. The molecule has 0 radical (unpaired) electrons. The van der Waals surface area contributed by atoms with E-state index in [1.54, 1.807) is 14.0 Å². The van der Waals surface area contributed by atoms with Gasteiger partial charge in [-0.05, 0) is 48.9 Å². The van der Waals surface area contributed by atoms with Gasteiger partial charge in [-0.1, -0.05) is 48.5 Å². The summed E-state index contributed by atoms with van der Waals surface area (Å²) in [5.74, 6) is -0.208. The van der Waals surface area contributed by atoms with Crippen molar-refractivity contribution in [1.29, 1.82) is 0 Å². The predicted octanol–water partition coefficient (Wildman–Crippen LogP) is 4.00. The molecule has 0 aliphatic carbocycles. The van der Waals surface area contributed by atoms with Crippen molar-refractivity contribution in [2.75, 3.05) is 11.9 Å². The zero-order valence-electron chi connectivity index (χ0n) is 15.7. The summed E-state index contributed by atoms with van der Waals surface area (Å²) >= 11 is 0. The standard InChI is InChI=1S/C22H22N2O3S/c1-17(18-9-5-3-6-10-18)23-28(26,27)21-15-13-19(14-16-21)22(25)24(2)20-11-7-4-8-12-20/h3-17,23H,1-2H3. The van der Waals surface area contributed by atoms with E-state index in [2.05, 4.69) is 4.72 Å². The number of benzene rings is 3. The number of carbonyl (C=O) groups is 1. The summed E-state index contributed by atoms with van der Waals surface area (Å²) in [4.78, 5) is 14.3. The van der Waals surface area contributed by atoms with Gasteiger partial charge in [0.1, 0.15) is 0 Å². The van der Waals surface area contributed by atoms with Crippen molar-refractivity contribution in [3.63, 3.8) is 0 Å². The van der Waals surface area contributed by atoms with E-state index in [-0.39, 0.29) is 16.8 Å². The SMILES string of the molecule is CC(NS(=O)(=O)c1ccc(C(=O)N(C)c2ccccc2)cc1)c1ccccc1. The molecule has 0 bridgehead atoms. The van der Waals surface area contributed by atoms with Gasteiger partial charge in [-0.3, -0.25) is 4.79 Å². The molecule has 1 amide bonds. The van der Waals surface area contributed by atoms with Crippen LogP contribution in [-0.4, -0.2) is 21.4 Å². The lowest BCUT2D eigenvalue weighted by atomic mass is 10.1. The molecule has 0 heterocycles. The van der Waals surface area contributed by atoms with Crippen LogP contribution in [-0.2, 0) is 10.0 Å². The summed E-state index contributed by atoms with van der Waals surface area (Å²) in [5, 5.41) is 0. The average Bonchev–Trinajstić information content (AvgIpc) is 2.73. The number of sulfonamides is 1. The highest BCUT2D eigenvalue weighted by Gasteiger charge is 2.20. The number of nitrogens with one attached hydrogen (secondary N) is 1. The zero-order valence-corrected chi connectivity index (χ0v) is 16.6. The van der Waals surface area contributed by atoms with Crippen LogP contribution in [0.15, 0.2) is 89.8 Å². The smallest absolute Gasteiger partial charge is 0.258 e. The number of para-hydroxylation sites is 1. The minimum absolute atomic E-state index is 0.120. The Balaban J connectivity index is 1.75. The molecule has 6 heteroatoms. The van der Waals surface area contributed by atoms with Gasteiger partial charge >= 0.3 is 0 Å². The van der Waals surface area contributed by atoms with Crippen LogP contribution >= 0.6 is 0 Å². The van der Waals surface area contributed by atoms with Crippen LogP contribution in [0.5, 0.6) is 0 Å². The monoisotopic (exact) mass is 394 g/mol. The van der Waals surface area contributed by atoms with Crippen LogP contribution in [0.4, 0.5) is 5.69 Å². The third kappa shape index (κ3) is 4.47. The fraction of sp³-hybridized carbons (Fsp3) is 0.136. The number of carbonyl (C=O) groups excluding carboxylic acids is 1. The second kappa shape index (κ2) is 8.37. The number of rotatable bonds is 6. The van der Waals surface area contributed by atoms with Crippen molar-refractivity contribution >= 4 is 21.6 Å². The Morgan fingerprint density at radius 3 is 1.96 bits per heavy atom. The first-order valence-electron chi connectivity index (χ1n) is 8.89. The van der Waals surface area contributed by atoms with Gasteiger partial charge in [0.15, 0.2) is 0 Å². The molecule has 1 atom stereocenters. The van der Waals surface area contributed by atoms with Crippen LogP contribution in [0.2, 0.25) is 0 Å². The van der Waals surface area contributed by atoms with Crippen molar-refractivity contribution in [2.45, 2.75) is 17.9 Å². The van der Waals surface area contributed by atoms with E-state index < -0.39 is 10.0 Å². The molecular weight excluding hydrogens is 372 g/mol. The molecule has 3 rings (SSSR count). The molecule has 1 N–H and O–H groups in total. The summed E-state index contributed by atoms with van der Waals surface area (Å²) in [7, 11) is -2.01. The van der Waals surface area contributed by atoms with E-state index in [4.69, 9.17) is 0 Å². The number of anilines is 1. The van der Waals surface area contributed by atoms with Gasteiger partial charge in [-0.2, -0.15) is 0 Å². The maximum absolute atomic E-state index is 12.6. The van der Waals surface area contributed by atoms with Gasteiger partial charge in [0.25, 0.3) is 5.91 Å². The third-order valence-electron chi connectivity index (χ3n) is 4.49. The van der Waals surface area contributed by atoms with Gasteiger partial charge in [-0.15, -0.1) is 0 Å². The zero-order chi connectivity index (χ0) is 20.1. The minimum atomic E-state index is -3.70. The van der Waals surface area contributed by atoms with Gasteiger partial charge < -0.3 is 4.90 Å². The molecule has 144 valence electrons. The quantitative estimate of drug-likeness (QED) is 0.687. The van der Waals surface area contributed by atoms with Crippen LogP contribution in [0.25, 0.3) is 0 Å². The van der Waals surface area contributed by atoms with Crippen molar-refractivity contribution in [2.24, 2.45) is 0 Å². The van der Waals surface area contributed by atoms with Crippen molar-refractivity contribution < 1.29 is 13.2 Å². The van der Waals surface area contributed by atoms with Crippen molar-refractivity contribution in [1.82, 2.24) is 4.72 Å². The predicted molar refractivity (Wildman–Crippen MR) is 111 cm³/mol. The summed E-state index contributed by atoms with van der Waals surface area (Å²) in [6.07, 6.45) is 0. The van der Waals surface area contributed by atoms with Crippen LogP contribution in [0, 0.1) is 0 Å². The Morgan fingerprint density at radius 1 is 0.857 bits per heavy atom. The largest absolute Gasteiger partial charge is 0.311 e. The molecule has 0 aliphatic heterocycles. The van der Waals surface area contributed by atoms with E-state index >= 15 is 0 Å². The lowest BCUT2D eigenvalue weighted by molar-refractivity contribution is 0.0993. The van der Waals surface area contributed by atoms with Gasteiger partial charge in [0.05, 0.1) is 4.90 Å². The summed E-state index contributed by atoms with van der Waals surface area (Å²) in [6.45, 7) is 1.79. The molecule has 3 aromatic carbocycles. The highest BCUT2D eigenvalue weighted by molar-refractivity contribution is 7.89. The highest BCUT2D eigenvalue weighted by atomic mass is 32.2. The first-order chi connectivity index (χ1) is 13.4. The van der Waals surface area contributed by atoms with Crippen LogP contribution in [0.1, 0.15) is 28.9 Å². The van der Waals surface area contributed by atoms with E-state index in [0.29, 0.717) is 5.56 Å². The third-order valence-corrected chi connectivity index (χ3v) is 6.05. The molecule has 28 heavy (non-hydrogen) atoms. The second-order valence-corrected chi connectivity index (χ2v) is 8.19. The van der Waals surface area contributed by atoms with Crippen molar-refractivity contribution in [3.8, 4) is 0 Å². The number of hydrogen-bond donors (Lipinski definition) is 1. The minimum Gasteiger partial charge on any atom is -0.311 e. The average molecular weight is 394 g/mol. The molecule has 0 fully saturated rings. The summed E-state index contributed by atoms with van der Waals surface area (Å²) in [6, 6.07) is 24.2. The molecule has 0 saturated heterocycles. The van der Waals surface area contributed by atoms with E-state index in [0.717, 1.165) is 11.3 Å². The molecule has 0 aliphatic rings. The molecule has 3 aromatic rings. The maximum atomic E-state index is 12.6. The lowest BCUT2D eigenvalue weighted by Gasteiger charge is -2.18. The van der Waals surface area contributed by atoms with Crippen molar-refractivity contribution in [3.05, 3.63) is 96.1 Å². The first kappa shape index (κ1) is 19.8. The highest BCUT2D eigenvalue weighted by Crippen LogP contribution is 2.19. The molecule has 5 nitrogen and oxygen atoms in total. The van der Waals surface area contributed by atoms with E-state index in [9.17, 15) is 13.2 Å². The van der Waals surface area contributed by atoms with E-state index in [1.807, 2.05) is 60.7 Å². The van der Waals surface area contributed by atoms with Gasteiger partial charge in [-0.25, -0.2) is 13.1 Å². The fourth-order valence-electron chi connectivity index (χ4n) is 2.85. The molecular formula is C22H22N2O3S. The molecule has 1 unspecified atom stereocenters. The maximum Gasteiger partial charge on any atom is 0.258 e. The Kier molecular flexibility index (Phi) is 5.92. The van der Waals surface area contributed by atoms with Crippen LogP contribution < -0.4 is 9.62 Å².